The Morgan fingerprint density at radius 1 is 0.563 bits per heavy atom. The van der Waals surface area contributed by atoms with Crippen molar-refractivity contribution in [3.63, 3.8) is 0 Å². The zero-order chi connectivity index (χ0) is 76.4. The van der Waals surface area contributed by atoms with E-state index in [4.69, 9.17) is 40.5 Å². The molecule has 103 heavy (non-hydrogen) atoms. The molecule has 0 radical (unpaired) electrons. The number of benzene rings is 4. The molecule has 0 aliphatic carbocycles. The number of amides is 1. The van der Waals surface area contributed by atoms with Gasteiger partial charge >= 0.3 is 24.7 Å². The summed E-state index contributed by atoms with van der Waals surface area (Å²) >= 11 is 14.7. The molecule has 0 bridgehead atoms. The Labute approximate surface area is 613 Å². The maximum Gasteiger partial charge on any atom is 0.416 e. The number of pyridine rings is 2. The van der Waals surface area contributed by atoms with Gasteiger partial charge in [0.1, 0.15) is 5.69 Å². The smallest absolute Gasteiger partial charge is 0.416 e. The number of piperidine rings is 4. The van der Waals surface area contributed by atoms with Crippen LogP contribution in [0.3, 0.4) is 0 Å². The standard InChI is InChI=1S/C18H18F3N3O.C12H13F3N2O2.C12H15F3N2.C8H6F3NO2.C8H19N.C6H4ClNO.C5H11N.CH2Cl2.ClH/c19-18(20,21)14-4-5-16(24-10-2-1-3-11-24)15(12-14)23-17(25)13-6-8-22-9-7-13;13-12(14,15)9-4-5-10(11(8-9)17(18)19)16-6-2-1-3-7-16;13-12(14,15)9-4-5-11(10(16)8-9)17-6-2-1-3-7-17;1-5-2-3-6(8(9,10)11)4-7(5)12(13)14;1-6-9(7(2)3)8(4)5;7-6(9)5-1-3-8-4-2-5;1-2-4-6-5-3-1;2-1-3;/h4-9,12H,1-3,10-11H2,(H,23,25);4-5,8H,1-3,6-7H2;4-5,8H,1-3,6-7,16H2;2-4H,1H3;7-8H,6H2,1-5H3;1-4H;6H,1-5H2;1H2;1H. The predicted molar refractivity (Wildman–Crippen MR) is 378 cm³/mol. The number of hydrogen-bond donors (Lipinski definition) is 3. The summed E-state index contributed by atoms with van der Waals surface area (Å²) in [6, 6.07) is 19.9. The average Bonchev–Trinajstić information content (AvgIpc) is 0.818. The second-order valence-electron chi connectivity index (χ2n) is 24.0. The minimum atomic E-state index is -4.56. The van der Waals surface area contributed by atoms with Crippen LogP contribution in [0.15, 0.2) is 122 Å². The number of carbonyl (C=O) groups excluding carboxylic acids is 2. The number of hydrogen-bond acceptors (Lipinski definition) is 13. The van der Waals surface area contributed by atoms with Crippen LogP contribution >= 0.6 is 34.8 Å². The van der Waals surface area contributed by atoms with Gasteiger partial charge in [0.25, 0.3) is 22.5 Å². The summed E-state index contributed by atoms with van der Waals surface area (Å²) in [6.07, 6.45) is 1.79. The second kappa shape index (κ2) is 45.7. The number of anilines is 5. The Bertz CT molecular complexity index is 3470. The second-order valence-corrected chi connectivity index (χ2v) is 25.2. The highest BCUT2D eigenvalue weighted by molar-refractivity contribution is 6.67. The lowest BCUT2D eigenvalue weighted by Gasteiger charge is -2.31. The molecular formula is C70H89Cl4F12N11O6. The van der Waals surface area contributed by atoms with E-state index in [0.29, 0.717) is 54.1 Å². The summed E-state index contributed by atoms with van der Waals surface area (Å²) in [5.41, 5.74) is 4.33. The van der Waals surface area contributed by atoms with Gasteiger partial charge in [-0.25, -0.2) is 4.98 Å². The first-order chi connectivity index (χ1) is 48.0. The molecule has 4 saturated heterocycles. The minimum Gasteiger partial charge on any atom is -1.00 e. The zero-order valence-corrected chi connectivity index (χ0v) is 61.0. The van der Waals surface area contributed by atoms with Gasteiger partial charge in [-0.05, 0) is 203 Å². The van der Waals surface area contributed by atoms with Crippen molar-refractivity contribution in [3.8, 4) is 0 Å². The first-order valence-electron chi connectivity index (χ1n) is 33.0. The quantitative estimate of drug-likeness (QED) is 0.0276. The van der Waals surface area contributed by atoms with Gasteiger partial charge in [0.15, 0.2) is 12.4 Å². The van der Waals surface area contributed by atoms with E-state index in [1.807, 2.05) is 4.90 Å². The molecule has 4 aliphatic heterocycles. The van der Waals surface area contributed by atoms with Crippen LogP contribution in [-0.2, 0) is 24.7 Å². The molecule has 2 aromatic heterocycles. The number of nitrogen functional groups attached to an aromatic ring is 1. The third-order valence-corrected chi connectivity index (χ3v) is 16.3. The number of nitrogens with two attached hydrogens (primary N) is 1. The van der Waals surface area contributed by atoms with Crippen LogP contribution in [0.1, 0.15) is 160 Å². The fourth-order valence-electron chi connectivity index (χ4n) is 11.0. The lowest BCUT2D eigenvalue weighted by molar-refractivity contribution is -0.385. The maximum absolute atomic E-state index is 13.1. The highest BCUT2D eigenvalue weighted by Crippen LogP contribution is 2.40. The van der Waals surface area contributed by atoms with Gasteiger partial charge in [-0.15, -0.1) is 23.2 Å². The summed E-state index contributed by atoms with van der Waals surface area (Å²) in [5.74, 6) is -0.458. The predicted octanol–water partition coefficient (Wildman–Crippen LogP) is 16.3. The lowest BCUT2D eigenvalue weighted by atomic mass is 10.1. The molecule has 6 aromatic rings. The molecule has 4 aliphatic rings. The van der Waals surface area contributed by atoms with E-state index in [1.54, 1.807) is 29.4 Å². The number of alkyl halides is 14. The number of aromatic amines is 1. The SMILES string of the molecule is C1CCNCC1.CCN(C(C)C)C(C)C.Cc1ccc(C(F)(F)F)cc1[N+](=O)[O-].ClCCl.Nc1cc(C(F)(F)F)ccc1N1CCCCC1.O=C(Cl)c1cc[nH+]cc1.O=C(Nc1cc(C(F)(F)F)ccc1N1CCCCC1)c1ccncc1.O=[N+]([O-])c1cc(C(F)(F)F)ccc1N1CCCCC1.[Cl-]. The van der Waals surface area contributed by atoms with E-state index < -0.39 is 79.3 Å². The molecule has 572 valence electrons. The molecule has 4 fully saturated rings. The average molecular weight is 1550 g/mol. The lowest BCUT2D eigenvalue weighted by Crippen LogP contribution is -3.00. The van der Waals surface area contributed by atoms with Crippen molar-refractivity contribution < 1.29 is 89.5 Å². The van der Waals surface area contributed by atoms with Crippen molar-refractivity contribution in [3.05, 3.63) is 181 Å². The van der Waals surface area contributed by atoms with E-state index in [9.17, 15) is 82.5 Å². The Kier molecular flexibility index (Phi) is 40.7. The van der Waals surface area contributed by atoms with Gasteiger partial charge in [0.2, 0.25) is 0 Å². The number of halogens is 16. The van der Waals surface area contributed by atoms with Gasteiger partial charge in [-0.1, -0.05) is 19.4 Å². The van der Waals surface area contributed by atoms with E-state index in [2.05, 4.69) is 65.0 Å². The number of nitrogens with one attached hydrogen (secondary N) is 3. The van der Waals surface area contributed by atoms with Crippen molar-refractivity contribution in [1.29, 1.82) is 0 Å². The van der Waals surface area contributed by atoms with Crippen molar-refractivity contribution in [2.24, 2.45) is 0 Å². The normalized spacial score (nSPS) is 14.5. The summed E-state index contributed by atoms with van der Waals surface area (Å²) in [5, 5.41) is 27.0. The fourth-order valence-corrected chi connectivity index (χ4v) is 11.1. The van der Waals surface area contributed by atoms with E-state index in [-0.39, 0.29) is 40.4 Å². The highest BCUT2D eigenvalue weighted by Gasteiger charge is 2.36. The Morgan fingerprint density at radius 3 is 1.28 bits per heavy atom. The third-order valence-electron chi connectivity index (χ3n) is 16.0. The van der Waals surface area contributed by atoms with Crippen molar-refractivity contribution in [2.75, 3.05) is 90.0 Å². The Balaban J connectivity index is 0.000000421. The molecule has 0 atom stereocenters. The van der Waals surface area contributed by atoms with Crippen LogP contribution < -0.4 is 48.5 Å². The van der Waals surface area contributed by atoms with E-state index in [0.717, 1.165) is 132 Å². The molecule has 6 heterocycles. The van der Waals surface area contributed by atoms with E-state index >= 15 is 0 Å². The van der Waals surface area contributed by atoms with Crippen LogP contribution in [0, 0.1) is 27.2 Å². The topological polar surface area (TPSA) is 210 Å². The van der Waals surface area contributed by atoms with E-state index in [1.165, 1.54) is 88.4 Å². The van der Waals surface area contributed by atoms with Crippen molar-refractivity contribution in [2.45, 2.75) is 155 Å². The summed E-state index contributed by atoms with van der Waals surface area (Å²) in [4.78, 5) is 57.4. The van der Waals surface area contributed by atoms with Gasteiger partial charge in [0.05, 0.1) is 60.2 Å². The third kappa shape index (κ3) is 33.1. The van der Waals surface area contributed by atoms with Crippen LogP contribution in [0.2, 0.25) is 0 Å². The number of H-pyrrole nitrogens is 1. The Hall–Kier alpha value is -7.44. The number of carbonyl (C=O) groups is 2. The summed E-state index contributed by atoms with van der Waals surface area (Å²) in [6.45, 7) is 20.8. The maximum atomic E-state index is 13.1. The molecule has 33 heteroatoms. The number of nitrogens with zero attached hydrogens (tertiary/aromatic N) is 7. The van der Waals surface area contributed by atoms with Crippen LogP contribution in [0.5, 0.6) is 0 Å². The highest BCUT2D eigenvalue weighted by atomic mass is 35.5. The molecule has 1 amide bonds. The summed E-state index contributed by atoms with van der Waals surface area (Å²) in [7, 11) is 0. The number of aryl methyl sites for hydroxylation is 1. The van der Waals surface area contributed by atoms with Crippen LogP contribution in [-0.4, -0.2) is 107 Å². The van der Waals surface area contributed by atoms with Gasteiger partial charge in [-0.2, -0.15) is 52.7 Å². The number of aromatic nitrogens is 2. The van der Waals surface area contributed by atoms with Crippen LogP contribution in [0.4, 0.5) is 92.5 Å². The van der Waals surface area contributed by atoms with Crippen molar-refractivity contribution in [1.82, 2.24) is 15.2 Å². The fraction of sp³-hybridized carbons (Fsp3) is 0.486. The molecule has 0 unspecified atom stereocenters. The summed E-state index contributed by atoms with van der Waals surface area (Å²) < 4.78 is 151. The van der Waals surface area contributed by atoms with Gasteiger partial charge < -0.3 is 43.5 Å². The van der Waals surface area contributed by atoms with Crippen LogP contribution in [0.25, 0.3) is 0 Å². The largest absolute Gasteiger partial charge is 1.00 e. The first kappa shape index (κ1) is 91.6. The monoisotopic (exact) mass is 1550 g/mol. The zero-order valence-electron chi connectivity index (χ0n) is 58.0. The molecular weight excluding hydrogens is 1460 g/mol. The first-order valence-corrected chi connectivity index (χ1v) is 34.5. The molecule has 10 rings (SSSR count). The van der Waals surface area contributed by atoms with Crippen molar-refractivity contribution >= 4 is 85.8 Å². The van der Waals surface area contributed by atoms with Gasteiger partial charge in [-0.3, -0.25) is 39.7 Å². The number of nitro benzene ring substituents is 2. The molecule has 0 saturated carbocycles. The minimum absolute atomic E-state index is 0. The number of rotatable bonds is 11. The number of nitro groups is 2. The molecule has 0 spiro atoms. The van der Waals surface area contributed by atoms with Gasteiger partial charge in [0, 0.05) is 105 Å². The molecule has 5 N–H and O–H groups in total. The Morgan fingerprint density at radius 2 is 0.932 bits per heavy atom. The molecule has 4 aromatic carbocycles. The molecule has 17 nitrogen and oxygen atoms in total.